The highest BCUT2D eigenvalue weighted by Gasteiger charge is 2.37. The SMILES string of the molecule is [NH-]c1ccc(-c2ccccc2C(F)(F)F)c(C(F)(F)F)c1. The molecule has 1 N–H and O–H groups in total. The minimum atomic E-state index is -4.84. The summed E-state index contributed by atoms with van der Waals surface area (Å²) < 4.78 is 77.7. The van der Waals surface area contributed by atoms with E-state index in [2.05, 4.69) is 0 Å². The molecule has 2 aromatic carbocycles. The Morgan fingerprint density at radius 3 is 1.76 bits per heavy atom. The second-order valence-corrected chi connectivity index (χ2v) is 4.30. The van der Waals surface area contributed by atoms with Crippen LogP contribution in [0, 0.1) is 0 Å². The van der Waals surface area contributed by atoms with E-state index in [1.54, 1.807) is 0 Å². The molecule has 7 heteroatoms. The van der Waals surface area contributed by atoms with Gasteiger partial charge in [0, 0.05) is 0 Å². The van der Waals surface area contributed by atoms with Crippen molar-refractivity contribution in [1.82, 2.24) is 0 Å². The van der Waals surface area contributed by atoms with Crippen molar-refractivity contribution < 1.29 is 26.3 Å². The highest BCUT2D eigenvalue weighted by molar-refractivity contribution is 5.74. The third-order valence-corrected chi connectivity index (χ3v) is 2.85. The Bertz CT molecular complexity index is 657. The molecule has 0 radical (unpaired) electrons. The van der Waals surface area contributed by atoms with Crippen LogP contribution < -0.4 is 0 Å². The van der Waals surface area contributed by atoms with Gasteiger partial charge in [-0.05, 0) is 17.2 Å². The molecule has 21 heavy (non-hydrogen) atoms. The maximum Gasteiger partial charge on any atom is 0.417 e. The third-order valence-electron chi connectivity index (χ3n) is 2.85. The quantitative estimate of drug-likeness (QED) is 0.571. The number of hydrogen-bond acceptors (Lipinski definition) is 0. The molecule has 0 saturated heterocycles. The van der Waals surface area contributed by atoms with E-state index >= 15 is 0 Å². The number of alkyl halides is 6. The second-order valence-electron chi connectivity index (χ2n) is 4.30. The molecule has 0 aliphatic heterocycles. The monoisotopic (exact) mass is 304 g/mol. The lowest BCUT2D eigenvalue weighted by Crippen LogP contribution is -2.11. The zero-order chi connectivity index (χ0) is 15.8. The molecular weight excluding hydrogens is 296 g/mol. The van der Waals surface area contributed by atoms with Crippen LogP contribution in [0.4, 0.5) is 32.0 Å². The van der Waals surface area contributed by atoms with Crippen LogP contribution in [-0.2, 0) is 12.4 Å². The van der Waals surface area contributed by atoms with Crippen LogP contribution in [0.15, 0.2) is 42.5 Å². The van der Waals surface area contributed by atoms with E-state index in [9.17, 15) is 26.3 Å². The average Bonchev–Trinajstić information content (AvgIpc) is 2.36. The predicted molar refractivity (Wildman–Crippen MR) is 65.9 cm³/mol. The lowest BCUT2D eigenvalue weighted by Gasteiger charge is -2.19. The number of rotatable bonds is 1. The van der Waals surface area contributed by atoms with Gasteiger partial charge in [0.25, 0.3) is 0 Å². The summed E-state index contributed by atoms with van der Waals surface area (Å²) in [5.74, 6) is 0. The van der Waals surface area contributed by atoms with Gasteiger partial charge in [-0.15, -0.1) is 5.69 Å². The zero-order valence-electron chi connectivity index (χ0n) is 10.3. The molecule has 2 aromatic rings. The van der Waals surface area contributed by atoms with Crippen LogP contribution in [0.2, 0.25) is 0 Å². The lowest BCUT2D eigenvalue weighted by molar-refractivity contribution is -0.139. The van der Waals surface area contributed by atoms with Crippen LogP contribution >= 0.6 is 0 Å². The number of hydrogen-bond donors (Lipinski definition) is 0. The molecule has 0 unspecified atom stereocenters. The van der Waals surface area contributed by atoms with Crippen LogP contribution in [0.5, 0.6) is 0 Å². The third kappa shape index (κ3) is 3.12. The van der Waals surface area contributed by atoms with Crippen LogP contribution in [-0.4, -0.2) is 0 Å². The van der Waals surface area contributed by atoms with Crippen LogP contribution in [0.3, 0.4) is 0 Å². The van der Waals surface area contributed by atoms with E-state index in [0.29, 0.717) is 6.07 Å². The minimum absolute atomic E-state index is 0.421. The van der Waals surface area contributed by atoms with Gasteiger partial charge in [-0.1, -0.05) is 36.4 Å². The number of benzene rings is 2. The fourth-order valence-electron chi connectivity index (χ4n) is 1.98. The van der Waals surface area contributed by atoms with Gasteiger partial charge in [0.05, 0.1) is 11.1 Å². The van der Waals surface area contributed by atoms with Crippen LogP contribution in [0.1, 0.15) is 11.1 Å². The molecule has 2 rings (SSSR count). The Morgan fingerprint density at radius 2 is 1.19 bits per heavy atom. The molecule has 0 saturated carbocycles. The van der Waals surface area contributed by atoms with Crippen molar-refractivity contribution in [3.05, 3.63) is 59.3 Å². The first-order valence-corrected chi connectivity index (χ1v) is 5.70. The first kappa shape index (κ1) is 15.2. The normalized spacial score (nSPS) is 12.5. The van der Waals surface area contributed by atoms with Crippen molar-refractivity contribution in [3.8, 4) is 11.1 Å². The molecule has 0 amide bonds. The van der Waals surface area contributed by atoms with E-state index in [1.165, 1.54) is 6.07 Å². The summed E-state index contributed by atoms with van der Waals surface area (Å²) in [5.41, 5.74) is 3.26. The van der Waals surface area contributed by atoms with E-state index in [4.69, 9.17) is 5.73 Å². The van der Waals surface area contributed by atoms with Gasteiger partial charge in [-0.25, -0.2) is 0 Å². The van der Waals surface area contributed by atoms with Crippen molar-refractivity contribution in [2.45, 2.75) is 12.4 Å². The van der Waals surface area contributed by atoms with E-state index in [0.717, 1.165) is 30.3 Å². The largest absolute Gasteiger partial charge is 0.699 e. The summed E-state index contributed by atoms with van der Waals surface area (Å²) in [5, 5.41) is 0. The lowest BCUT2D eigenvalue weighted by atomic mass is 9.94. The van der Waals surface area contributed by atoms with Crippen molar-refractivity contribution in [2.24, 2.45) is 0 Å². The molecule has 0 aliphatic carbocycles. The Labute approximate surface area is 116 Å². The summed E-state index contributed by atoms with van der Waals surface area (Å²) in [6.45, 7) is 0. The Kier molecular flexibility index (Phi) is 3.61. The van der Waals surface area contributed by atoms with Gasteiger partial charge in [-0.3, -0.25) is 0 Å². The molecule has 0 aliphatic rings. The van der Waals surface area contributed by atoms with E-state index in [1.807, 2.05) is 0 Å². The summed E-state index contributed by atoms with van der Waals surface area (Å²) in [6.07, 6.45) is -9.61. The zero-order valence-corrected chi connectivity index (χ0v) is 10.3. The Hall–Kier alpha value is -2.18. The Morgan fingerprint density at radius 1 is 0.667 bits per heavy atom. The van der Waals surface area contributed by atoms with Gasteiger partial charge in [0.15, 0.2) is 0 Å². The average molecular weight is 304 g/mol. The first-order chi connectivity index (χ1) is 9.60. The topological polar surface area (TPSA) is 23.8 Å². The predicted octanol–water partition coefficient (Wildman–Crippen LogP) is 6.07. The smallest absolute Gasteiger partial charge is 0.417 e. The molecule has 0 spiro atoms. The molecule has 0 fully saturated rings. The Balaban J connectivity index is 2.75. The van der Waals surface area contributed by atoms with Gasteiger partial charge >= 0.3 is 12.4 Å². The van der Waals surface area contributed by atoms with Gasteiger partial charge in [0.2, 0.25) is 0 Å². The highest BCUT2D eigenvalue weighted by atomic mass is 19.4. The number of nitrogens with one attached hydrogen (secondary N) is 1. The molecule has 0 heterocycles. The second kappa shape index (κ2) is 4.98. The summed E-state index contributed by atoms with van der Waals surface area (Å²) in [7, 11) is 0. The van der Waals surface area contributed by atoms with Crippen molar-refractivity contribution in [3.63, 3.8) is 0 Å². The van der Waals surface area contributed by atoms with Gasteiger partial charge < -0.3 is 5.73 Å². The maximum absolute atomic E-state index is 13.0. The van der Waals surface area contributed by atoms with Gasteiger partial charge in [-0.2, -0.15) is 26.3 Å². The van der Waals surface area contributed by atoms with Crippen molar-refractivity contribution in [1.29, 1.82) is 0 Å². The van der Waals surface area contributed by atoms with E-state index < -0.39 is 40.3 Å². The molecular formula is C14H8F6N-. The van der Waals surface area contributed by atoms with Crippen molar-refractivity contribution >= 4 is 5.69 Å². The fourth-order valence-corrected chi connectivity index (χ4v) is 1.98. The molecule has 0 aromatic heterocycles. The summed E-state index contributed by atoms with van der Waals surface area (Å²) >= 11 is 0. The maximum atomic E-state index is 13.0. The fraction of sp³-hybridized carbons (Fsp3) is 0.143. The van der Waals surface area contributed by atoms with Gasteiger partial charge in [0.1, 0.15) is 0 Å². The summed E-state index contributed by atoms with van der Waals surface area (Å²) in [6, 6.07) is 6.48. The highest BCUT2D eigenvalue weighted by Crippen LogP contribution is 2.43. The first-order valence-electron chi connectivity index (χ1n) is 5.70. The number of halogens is 6. The summed E-state index contributed by atoms with van der Waals surface area (Å²) in [4.78, 5) is 0. The van der Waals surface area contributed by atoms with E-state index in [-0.39, 0.29) is 0 Å². The van der Waals surface area contributed by atoms with Crippen molar-refractivity contribution in [2.75, 3.05) is 0 Å². The standard InChI is InChI=1S/C14H8F6N/c15-13(16,17)11-4-2-1-3-9(11)10-6-5-8(21)7-12(10)14(18,19)20/h1-7,21H/q-1. The van der Waals surface area contributed by atoms with Crippen LogP contribution in [0.25, 0.3) is 16.9 Å². The molecule has 112 valence electrons. The minimum Gasteiger partial charge on any atom is -0.699 e. The molecule has 0 atom stereocenters. The molecule has 0 bridgehead atoms. The molecule has 1 nitrogen and oxygen atoms in total.